The fraction of sp³-hybridized carbons (Fsp3) is 0.529. The second-order valence-corrected chi connectivity index (χ2v) is 5.62. The molecule has 0 aliphatic heterocycles. The van der Waals surface area contributed by atoms with Gasteiger partial charge in [0.1, 0.15) is 5.75 Å². The summed E-state index contributed by atoms with van der Waals surface area (Å²) < 4.78 is 5.10. The van der Waals surface area contributed by atoms with E-state index in [9.17, 15) is 9.59 Å². The van der Waals surface area contributed by atoms with Crippen LogP contribution in [0.15, 0.2) is 24.3 Å². The molecule has 0 atom stereocenters. The first-order chi connectivity index (χ1) is 10.7. The van der Waals surface area contributed by atoms with E-state index in [1.54, 1.807) is 7.11 Å². The van der Waals surface area contributed by atoms with Gasteiger partial charge in [-0.25, -0.2) is 0 Å². The van der Waals surface area contributed by atoms with E-state index in [0.717, 1.165) is 30.6 Å². The van der Waals surface area contributed by atoms with Crippen molar-refractivity contribution >= 4 is 11.8 Å². The van der Waals surface area contributed by atoms with Crippen molar-refractivity contribution in [3.8, 4) is 5.75 Å². The fourth-order valence-corrected chi connectivity index (χ4v) is 2.18. The molecule has 0 saturated heterocycles. The van der Waals surface area contributed by atoms with Crippen LogP contribution >= 0.6 is 0 Å². The third-order valence-corrected chi connectivity index (χ3v) is 3.72. The normalized spacial score (nSPS) is 13.5. The molecule has 1 aromatic carbocycles. The number of rotatable bonds is 9. The Morgan fingerprint density at radius 2 is 1.86 bits per heavy atom. The van der Waals surface area contributed by atoms with Crippen molar-refractivity contribution < 1.29 is 14.3 Å². The summed E-state index contributed by atoms with van der Waals surface area (Å²) >= 11 is 0. The molecule has 2 N–H and O–H groups in total. The van der Waals surface area contributed by atoms with E-state index in [2.05, 4.69) is 10.6 Å². The Hall–Kier alpha value is -2.04. The van der Waals surface area contributed by atoms with Gasteiger partial charge in [-0.3, -0.25) is 9.59 Å². The van der Waals surface area contributed by atoms with Crippen molar-refractivity contribution in [3.05, 3.63) is 29.8 Å². The topological polar surface area (TPSA) is 67.4 Å². The number of carbonyl (C=O) groups excluding carboxylic acids is 2. The lowest BCUT2D eigenvalue weighted by Crippen LogP contribution is -2.29. The zero-order valence-electron chi connectivity index (χ0n) is 13.1. The highest BCUT2D eigenvalue weighted by Gasteiger charge is 2.28. The molecule has 5 heteroatoms. The van der Waals surface area contributed by atoms with Gasteiger partial charge < -0.3 is 15.4 Å². The van der Waals surface area contributed by atoms with Crippen LogP contribution in [0.5, 0.6) is 5.75 Å². The molecule has 0 aromatic heterocycles. The minimum absolute atomic E-state index is 0.0363. The minimum Gasteiger partial charge on any atom is -0.497 e. The smallest absolute Gasteiger partial charge is 0.223 e. The van der Waals surface area contributed by atoms with Crippen LogP contribution < -0.4 is 15.4 Å². The van der Waals surface area contributed by atoms with E-state index in [-0.39, 0.29) is 17.7 Å². The van der Waals surface area contributed by atoms with Crippen LogP contribution in [0.1, 0.15) is 31.2 Å². The van der Waals surface area contributed by atoms with Gasteiger partial charge in [-0.2, -0.15) is 0 Å². The molecule has 2 rings (SSSR count). The number of ether oxygens (including phenoxy) is 1. The summed E-state index contributed by atoms with van der Waals surface area (Å²) in [4.78, 5) is 23.1. The Kier molecular flexibility index (Phi) is 6.25. The van der Waals surface area contributed by atoms with Crippen molar-refractivity contribution in [2.24, 2.45) is 5.92 Å². The van der Waals surface area contributed by atoms with Gasteiger partial charge in [0.2, 0.25) is 11.8 Å². The summed E-state index contributed by atoms with van der Waals surface area (Å²) in [7, 11) is 1.64. The second-order valence-electron chi connectivity index (χ2n) is 5.62. The molecule has 1 aromatic rings. The Balaban J connectivity index is 1.52. The lowest BCUT2D eigenvalue weighted by Gasteiger charge is -2.07. The summed E-state index contributed by atoms with van der Waals surface area (Å²) in [5.74, 6) is 1.24. The Bertz CT molecular complexity index is 495. The summed E-state index contributed by atoms with van der Waals surface area (Å²) in [5, 5.41) is 5.76. The van der Waals surface area contributed by atoms with Gasteiger partial charge in [0.05, 0.1) is 7.11 Å². The van der Waals surface area contributed by atoms with E-state index >= 15 is 0 Å². The number of methoxy groups -OCH3 is 1. The highest BCUT2D eigenvalue weighted by molar-refractivity contribution is 5.81. The number of hydrogen-bond acceptors (Lipinski definition) is 3. The summed E-state index contributed by atoms with van der Waals surface area (Å²) in [5.41, 5.74) is 1.16. The zero-order valence-corrected chi connectivity index (χ0v) is 13.1. The molecule has 0 radical (unpaired) electrons. The van der Waals surface area contributed by atoms with Crippen LogP contribution in [0.2, 0.25) is 0 Å². The molecule has 0 unspecified atom stereocenters. The van der Waals surface area contributed by atoms with Crippen molar-refractivity contribution in [2.75, 3.05) is 20.2 Å². The quantitative estimate of drug-likeness (QED) is 0.682. The van der Waals surface area contributed by atoms with Crippen LogP contribution in [-0.4, -0.2) is 32.0 Å². The van der Waals surface area contributed by atoms with Crippen LogP contribution in [-0.2, 0) is 16.0 Å². The van der Waals surface area contributed by atoms with Gasteiger partial charge in [-0.15, -0.1) is 0 Å². The SMILES string of the molecule is COc1ccc(CCNC(=O)CCCNC(=O)C2CC2)cc1. The predicted molar refractivity (Wildman–Crippen MR) is 84.7 cm³/mol. The molecule has 5 nitrogen and oxygen atoms in total. The van der Waals surface area contributed by atoms with Crippen molar-refractivity contribution in [1.29, 1.82) is 0 Å². The van der Waals surface area contributed by atoms with Crippen molar-refractivity contribution in [3.63, 3.8) is 0 Å². The molecular weight excluding hydrogens is 280 g/mol. The van der Waals surface area contributed by atoms with E-state index in [1.165, 1.54) is 0 Å². The van der Waals surface area contributed by atoms with Gasteiger partial charge in [0, 0.05) is 25.4 Å². The van der Waals surface area contributed by atoms with Gasteiger partial charge in [0.15, 0.2) is 0 Å². The number of hydrogen-bond donors (Lipinski definition) is 2. The third-order valence-electron chi connectivity index (χ3n) is 3.72. The first-order valence-electron chi connectivity index (χ1n) is 7.86. The average Bonchev–Trinajstić information content (AvgIpc) is 3.37. The molecule has 1 aliphatic carbocycles. The van der Waals surface area contributed by atoms with Crippen LogP contribution in [0.25, 0.3) is 0 Å². The van der Waals surface area contributed by atoms with Gasteiger partial charge in [-0.1, -0.05) is 12.1 Å². The summed E-state index contributed by atoms with van der Waals surface area (Å²) in [6.07, 6.45) is 3.96. The molecule has 0 spiro atoms. The van der Waals surface area contributed by atoms with Crippen LogP contribution in [0.4, 0.5) is 0 Å². The van der Waals surface area contributed by atoms with E-state index in [4.69, 9.17) is 4.74 Å². The molecule has 1 saturated carbocycles. The monoisotopic (exact) mass is 304 g/mol. The van der Waals surface area contributed by atoms with Crippen LogP contribution in [0, 0.1) is 5.92 Å². The minimum atomic E-state index is 0.0363. The molecule has 0 bridgehead atoms. The maximum absolute atomic E-state index is 11.7. The van der Waals surface area contributed by atoms with Gasteiger partial charge >= 0.3 is 0 Å². The summed E-state index contributed by atoms with van der Waals surface area (Å²) in [6, 6.07) is 7.83. The van der Waals surface area contributed by atoms with Gasteiger partial charge in [0.25, 0.3) is 0 Å². The Morgan fingerprint density at radius 3 is 2.50 bits per heavy atom. The van der Waals surface area contributed by atoms with Crippen LogP contribution in [0.3, 0.4) is 0 Å². The largest absolute Gasteiger partial charge is 0.497 e. The second kappa shape index (κ2) is 8.41. The standard InChI is InChI=1S/C17H24N2O3/c1-22-15-8-4-13(5-9-15)10-12-18-16(20)3-2-11-19-17(21)14-6-7-14/h4-5,8-9,14H,2-3,6-7,10-12H2,1H3,(H,18,20)(H,19,21). The molecule has 1 fully saturated rings. The lowest BCUT2D eigenvalue weighted by molar-refractivity contribution is -0.123. The molecule has 120 valence electrons. The lowest BCUT2D eigenvalue weighted by atomic mass is 10.1. The fourth-order valence-electron chi connectivity index (χ4n) is 2.18. The number of amides is 2. The van der Waals surface area contributed by atoms with Gasteiger partial charge in [-0.05, 0) is 43.4 Å². The Labute approximate surface area is 131 Å². The third kappa shape index (κ3) is 5.76. The summed E-state index contributed by atoms with van der Waals surface area (Å²) in [6.45, 7) is 1.21. The first-order valence-corrected chi connectivity index (χ1v) is 7.86. The first kappa shape index (κ1) is 16.3. The molecule has 22 heavy (non-hydrogen) atoms. The zero-order chi connectivity index (χ0) is 15.8. The maximum Gasteiger partial charge on any atom is 0.223 e. The average molecular weight is 304 g/mol. The van der Waals surface area contributed by atoms with Crippen molar-refractivity contribution in [2.45, 2.75) is 32.1 Å². The molecule has 1 aliphatic rings. The molecule has 0 heterocycles. The number of carbonyl (C=O) groups is 2. The van der Waals surface area contributed by atoms with Crippen molar-refractivity contribution in [1.82, 2.24) is 10.6 Å². The maximum atomic E-state index is 11.7. The molecule has 2 amide bonds. The molecular formula is C17H24N2O3. The van der Waals surface area contributed by atoms with E-state index in [1.807, 2.05) is 24.3 Å². The number of nitrogens with one attached hydrogen (secondary N) is 2. The highest BCUT2D eigenvalue weighted by atomic mass is 16.5. The Morgan fingerprint density at radius 1 is 1.14 bits per heavy atom. The number of benzene rings is 1. The highest BCUT2D eigenvalue weighted by Crippen LogP contribution is 2.28. The predicted octanol–water partition coefficient (Wildman–Crippen LogP) is 1.66. The van der Waals surface area contributed by atoms with E-state index in [0.29, 0.717) is 25.9 Å². The van der Waals surface area contributed by atoms with E-state index < -0.39 is 0 Å².